The molecule has 156 valence electrons. The fourth-order valence-electron chi connectivity index (χ4n) is 3.49. The van der Waals surface area contributed by atoms with Gasteiger partial charge in [-0.15, -0.1) is 0 Å². The monoisotopic (exact) mass is 393 g/mol. The summed E-state index contributed by atoms with van der Waals surface area (Å²) in [6.07, 6.45) is -0.00278. The number of benzene rings is 1. The van der Waals surface area contributed by atoms with Crippen LogP contribution in [-0.2, 0) is 9.53 Å². The Morgan fingerprint density at radius 1 is 1.29 bits per heavy atom. The zero-order chi connectivity index (χ0) is 21.1. The number of aliphatic carboxylic acids is 1. The third-order valence-corrected chi connectivity index (χ3v) is 5.45. The van der Waals surface area contributed by atoms with E-state index in [2.05, 4.69) is 5.32 Å². The lowest BCUT2D eigenvalue weighted by Crippen LogP contribution is -2.76. The Morgan fingerprint density at radius 3 is 2.46 bits per heavy atom. The first-order valence-corrected chi connectivity index (χ1v) is 9.57. The van der Waals surface area contributed by atoms with Crippen LogP contribution >= 0.6 is 0 Å². The molecule has 0 aromatic heterocycles. The molecule has 2 unspecified atom stereocenters. The van der Waals surface area contributed by atoms with E-state index in [-0.39, 0.29) is 12.5 Å². The van der Waals surface area contributed by atoms with Gasteiger partial charge in [-0.2, -0.15) is 0 Å². The van der Waals surface area contributed by atoms with Crippen molar-refractivity contribution in [1.82, 2.24) is 5.32 Å². The molecule has 28 heavy (non-hydrogen) atoms. The minimum absolute atomic E-state index is 0.224. The van der Waals surface area contributed by atoms with Crippen LogP contribution in [0.25, 0.3) is 0 Å². The smallest absolute Gasteiger partial charge is 0.330 e. The van der Waals surface area contributed by atoms with Crippen LogP contribution in [0.1, 0.15) is 51.4 Å². The zero-order valence-electron chi connectivity index (χ0n) is 17.5. The van der Waals surface area contributed by atoms with Gasteiger partial charge in [-0.05, 0) is 31.0 Å². The van der Waals surface area contributed by atoms with Crippen molar-refractivity contribution in [3.05, 3.63) is 23.8 Å². The van der Waals surface area contributed by atoms with E-state index < -0.39 is 22.8 Å². The van der Waals surface area contributed by atoms with Crippen molar-refractivity contribution in [3.63, 3.8) is 0 Å². The van der Waals surface area contributed by atoms with Gasteiger partial charge < -0.3 is 24.6 Å². The Morgan fingerprint density at radius 2 is 1.96 bits per heavy atom. The maximum atomic E-state index is 12.8. The number of hydrogen-bond acceptors (Lipinski definition) is 5. The third kappa shape index (κ3) is 3.94. The number of carbonyl (C=O) groups is 2. The van der Waals surface area contributed by atoms with Crippen molar-refractivity contribution in [2.45, 2.75) is 52.7 Å². The molecular weight excluding hydrogens is 362 g/mol. The van der Waals surface area contributed by atoms with Gasteiger partial charge in [-0.1, -0.05) is 27.7 Å². The second kappa shape index (κ2) is 8.39. The summed E-state index contributed by atoms with van der Waals surface area (Å²) in [6.45, 7) is 10.6. The van der Waals surface area contributed by atoms with Crippen molar-refractivity contribution >= 4 is 11.9 Å². The summed E-state index contributed by atoms with van der Waals surface area (Å²) >= 11 is 0. The summed E-state index contributed by atoms with van der Waals surface area (Å²) < 4.78 is 16.7. The van der Waals surface area contributed by atoms with E-state index in [0.717, 1.165) is 0 Å². The van der Waals surface area contributed by atoms with Gasteiger partial charge >= 0.3 is 5.97 Å². The van der Waals surface area contributed by atoms with Crippen LogP contribution in [0.5, 0.6) is 11.5 Å². The average molecular weight is 393 g/mol. The molecular formula is C21H31NO6. The number of carbonyl (C=O) groups excluding carboxylic acids is 1. The number of amides is 1. The van der Waals surface area contributed by atoms with Gasteiger partial charge in [0.05, 0.1) is 19.8 Å². The highest BCUT2D eigenvalue weighted by Crippen LogP contribution is 2.51. The van der Waals surface area contributed by atoms with Crippen molar-refractivity contribution < 1.29 is 28.9 Å². The summed E-state index contributed by atoms with van der Waals surface area (Å²) in [5, 5.41) is 12.6. The quantitative estimate of drug-likeness (QED) is 0.669. The summed E-state index contributed by atoms with van der Waals surface area (Å²) in [7, 11) is 1.50. The Kier molecular flexibility index (Phi) is 6.59. The van der Waals surface area contributed by atoms with Crippen molar-refractivity contribution in [2.75, 3.05) is 20.3 Å². The maximum absolute atomic E-state index is 12.8. The van der Waals surface area contributed by atoms with E-state index in [1.54, 1.807) is 32.0 Å². The normalized spacial score (nSPS) is 23.0. The molecule has 1 aromatic carbocycles. The molecule has 1 aromatic rings. The molecule has 7 nitrogen and oxygen atoms in total. The second-order valence-corrected chi connectivity index (χ2v) is 8.10. The summed E-state index contributed by atoms with van der Waals surface area (Å²) in [5.74, 6) is -0.217. The Balaban J connectivity index is 2.22. The first kappa shape index (κ1) is 22.0. The van der Waals surface area contributed by atoms with Gasteiger partial charge in [0.2, 0.25) is 0 Å². The van der Waals surface area contributed by atoms with Crippen LogP contribution in [-0.4, -0.2) is 48.9 Å². The predicted octanol–water partition coefficient (Wildman–Crippen LogP) is 3.12. The van der Waals surface area contributed by atoms with Crippen LogP contribution in [0.4, 0.5) is 0 Å². The van der Waals surface area contributed by atoms with E-state index in [1.165, 1.54) is 7.11 Å². The Hall–Kier alpha value is -2.28. The summed E-state index contributed by atoms with van der Waals surface area (Å²) in [4.78, 5) is 24.9. The number of carboxylic acid groups (broad SMARTS) is 1. The molecule has 1 saturated carbocycles. The molecule has 1 amide bonds. The van der Waals surface area contributed by atoms with Crippen LogP contribution < -0.4 is 14.8 Å². The van der Waals surface area contributed by atoms with Gasteiger partial charge in [0, 0.05) is 24.0 Å². The number of methoxy groups -OCH3 is 1. The minimum Gasteiger partial charge on any atom is -0.493 e. The molecule has 2 N–H and O–H groups in total. The molecule has 0 aliphatic heterocycles. The van der Waals surface area contributed by atoms with Gasteiger partial charge in [-0.25, -0.2) is 4.79 Å². The van der Waals surface area contributed by atoms with Crippen LogP contribution in [0.3, 0.4) is 0 Å². The number of hydrogen-bond donors (Lipinski definition) is 2. The molecule has 2 rings (SSSR count). The average Bonchev–Trinajstić information content (AvgIpc) is 2.64. The first-order chi connectivity index (χ1) is 13.1. The van der Waals surface area contributed by atoms with E-state index >= 15 is 0 Å². The van der Waals surface area contributed by atoms with Gasteiger partial charge in [-0.3, -0.25) is 4.79 Å². The largest absolute Gasteiger partial charge is 0.493 e. The molecule has 2 atom stereocenters. The Bertz CT molecular complexity index is 730. The first-order valence-electron chi connectivity index (χ1n) is 9.57. The summed E-state index contributed by atoms with van der Waals surface area (Å²) in [5.41, 5.74) is -1.82. The molecule has 0 saturated heterocycles. The molecule has 0 heterocycles. The zero-order valence-corrected chi connectivity index (χ0v) is 17.5. The van der Waals surface area contributed by atoms with E-state index in [0.29, 0.717) is 36.2 Å². The number of rotatable bonds is 9. The molecule has 0 spiro atoms. The lowest BCUT2D eigenvalue weighted by atomic mass is 9.54. The fourth-order valence-corrected chi connectivity index (χ4v) is 3.49. The standard InChI is InChI=1S/C21H31NO6/c1-7-27-17-11-21(19(24)25,20(17,4)5)22-18(23)14-8-9-15(16(10-14)26-6)28-12-13(2)3/h8-10,13,17H,7,11-12H2,1-6H3,(H,22,23)(H,24,25). The van der Waals surface area contributed by atoms with Gasteiger partial charge in [0.1, 0.15) is 5.54 Å². The number of carboxylic acids is 1. The van der Waals surface area contributed by atoms with E-state index in [9.17, 15) is 14.7 Å². The number of ether oxygens (including phenoxy) is 3. The van der Waals surface area contributed by atoms with Crippen LogP contribution in [0.15, 0.2) is 18.2 Å². The van der Waals surface area contributed by atoms with Crippen LogP contribution in [0.2, 0.25) is 0 Å². The third-order valence-electron chi connectivity index (χ3n) is 5.45. The van der Waals surface area contributed by atoms with Crippen molar-refractivity contribution in [2.24, 2.45) is 11.3 Å². The molecule has 0 bridgehead atoms. The van der Waals surface area contributed by atoms with Crippen molar-refractivity contribution in [3.8, 4) is 11.5 Å². The van der Waals surface area contributed by atoms with E-state index in [4.69, 9.17) is 14.2 Å². The molecule has 1 aliphatic carbocycles. The van der Waals surface area contributed by atoms with Crippen LogP contribution in [0, 0.1) is 11.3 Å². The lowest BCUT2D eigenvalue weighted by Gasteiger charge is -2.58. The van der Waals surface area contributed by atoms with Crippen molar-refractivity contribution in [1.29, 1.82) is 0 Å². The highest BCUT2D eigenvalue weighted by atomic mass is 16.5. The Labute approximate surface area is 166 Å². The maximum Gasteiger partial charge on any atom is 0.330 e. The fraction of sp³-hybridized carbons (Fsp3) is 0.619. The highest BCUT2D eigenvalue weighted by molar-refractivity contribution is 5.99. The molecule has 1 fully saturated rings. The minimum atomic E-state index is -1.38. The number of nitrogens with one attached hydrogen (secondary N) is 1. The summed E-state index contributed by atoms with van der Waals surface area (Å²) in [6, 6.07) is 4.83. The second-order valence-electron chi connectivity index (χ2n) is 8.10. The SMILES string of the molecule is CCOC1CC(NC(=O)c2ccc(OCC(C)C)c(OC)c2)(C(=O)O)C1(C)C. The van der Waals surface area contributed by atoms with Gasteiger partial charge in [0.15, 0.2) is 11.5 Å². The predicted molar refractivity (Wildman–Crippen MR) is 105 cm³/mol. The van der Waals surface area contributed by atoms with E-state index in [1.807, 2.05) is 20.8 Å². The topological polar surface area (TPSA) is 94.1 Å². The van der Waals surface area contributed by atoms with Gasteiger partial charge in [0.25, 0.3) is 5.91 Å². The molecule has 1 aliphatic rings. The molecule has 7 heteroatoms. The lowest BCUT2D eigenvalue weighted by molar-refractivity contribution is -0.190. The molecule has 0 radical (unpaired) electrons. The highest BCUT2D eigenvalue weighted by Gasteiger charge is 2.66.